The third-order valence-corrected chi connectivity index (χ3v) is 8.25. The van der Waals surface area contributed by atoms with Crippen molar-refractivity contribution in [2.75, 3.05) is 0 Å². The van der Waals surface area contributed by atoms with Crippen molar-refractivity contribution in [2.24, 2.45) is 5.73 Å². The van der Waals surface area contributed by atoms with Crippen molar-refractivity contribution in [1.82, 2.24) is 0 Å². The van der Waals surface area contributed by atoms with Crippen LogP contribution in [0.25, 0.3) is 0 Å². The van der Waals surface area contributed by atoms with Gasteiger partial charge in [0.2, 0.25) is 0 Å². The van der Waals surface area contributed by atoms with Crippen molar-refractivity contribution < 1.29 is 13.0 Å². The molecule has 0 aliphatic carbocycles. The summed E-state index contributed by atoms with van der Waals surface area (Å²) >= 11 is 0. The van der Waals surface area contributed by atoms with Crippen LogP contribution in [0.2, 0.25) is 0 Å². The van der Waals surface area contributed by atoms with Crippen molar-refractivity contribution in [3.05, 3.63) is 65.2 Å². The molecule has 4 nitrogen and oxygen atoms in total. The van der Waals surface area contributed by atoms with Crippen molar-refractivity contribution in [3.8, 4) is 0 Å². The summed E-state index contributed by atoms with van der Waals surface area (Å²) in [7, 11) is -4.02. The third kappa shape index (κ3) is 19.4. The van der Waals surface area contributed by atoms with E-state index in [1.165, 1.54) is 132 Å². The van der Waals surface area contributed by atoms with Crippen LogP contribution in [0.15, 0.2) is 53.4 Å². The Labute approximate surface area is 247 Å². The van der Waals surface area contributed by atoms with Crippen molar-refractivity contribution in [2.45, 2.75) is 154 Å². The van der Waals surface area contributed by atoms with Gasteiger partial charge in [0.25, 0.3) is 10.1 Å². The van der Waals surface area contributed by atoms with E-state index in [0.29, 0.717) is 0 Å². The van der Waals surface area contributed by atoms with Gasteiger partial charge in [-0.3, -0.25) is 4.55 Å². The first-order valence-electron chi connectivity index (χ1n) is 15.9. The molecule has 0 heterocycles. The fraction of sp³-hybridized carbons (Fsp3) is 0.657. The van der Waals surface area contributed by atoms with Crippen LogP contribution in [0, 0.1) is 6.92 Å². The smallest absolute Gasteiger partial charge is 0.294 e. The highest BCUT2D eigenvalue weighted by molar-refractivity contribution is 7.85. The van der Waals surface area contributed by atoms with E-state index in [-0.39, 0.29) is 10.4 Å². The monoisotopic (exact) mass is 573 g/mol. The van der Waals surface area contributed by atoms with Crippen LogP contribution in [0.1, 0.15) is 140 Å². The molecule has 0 fully saturated rings. The van der Waals surface area contributed by atoms with E-state index in [1.807, 2.05) is 6.92 Å². The van der Waals surface area contributed by atoms with Gasteiger partial charge in [0.1, 0.15) is 0 Å². The molecule has 5 heteroatoms. The average Bonchev–Trinajstić information content (AvgIpc) is 2.88. The maximum atomic E-state index is 10.5. The van der Waals surface area contributed by atoms with Crippen LogP contribution in [0.3, 0.4) is 0 Å². The second-order valence-electron chi connectivity index (χ2n) is 12.3. The third-order valence-electron chi connectivity index (χ3n) is 7.38. The molecule has 0 aromatic heterocycles. The molecule has 0 spiro atoms. The van der Waals surface area contributed by atoms with Crippen LogP contribution >= 0.6 is 0 Å². The van der Waals surface area contributed by atoms with Gasteiger partial charge in [-0.2, -0.15) is 8.42 Å². The summed E-state index contributed by atoms with van der Waals surface area (Å²) < 4.78 is 29.6. The lowest BCUT2D eigenvalue weighted by molar-refractivity contribution is 0.483. The van der Waals surface area contributed by atoms with E-state index in [2.05, 4.69) is 45.0 Å². The minimum absolute atomic E-state index is 0.0666. The Morgan fingerprint density at radius 1 is 0.650 bits per heavy atom. The Morgan fingerprint density at radius 3 is 1.45 bits per heavy atom. The molecule has 2 rings (SSSR count). The first kappa shape index (κ1) is 36.3. The van der Waals surface area contributed by atoms with Gasteiger partial charge < -0.3 is 5.73 Å². The molecule has 40 heavy (non-hydrogen) atoms. The summed E-state index contributed by atoms with van der Waals surface area (Å²) in [5.74, 6) is 0. The zero-order chi connectivity index (χ0) is 29.7. The fourth-order valence-corrected chi connectivity index (χ4v) is 5.52. The van der Waals surface area contributed by atoms with E-state index >= 15 is 0 Å². The predicted molar refractivity (Wildman–Crippen MR) is 173 cm³/mol. The highest BCUT2D eigenvalue weighted by atomic mass is 32.2. The Kier molecular flexibility index (Phi) is 19.1. The quantitative estimate of drug-likeness (QED) is 0.122. The summed E-state index contributed by atoms with van der Waals surface area (Å²) in [5.41, 5.74) is 10.0. The molecule has 3 N–H and O–H groups in total. The van der Waals surface area contributed by atoms with E-state index in [1.54, 1.807) is 12.1 Å². The fourth-order valence-electron chi connectivity index (χ4n) is 5.04. The van der Waals surface area contributed by atoms with Gasteiger partial charge >= 0.3 is 0 Å². The van der Waals surface area contributed by atoms with Crippen molar-refractivity contribution >= 4 is 10.1 Å². The average molecular weight is 574 g/mol. The lowest BCUT2D eigenvalue weighted by Crippen LogP contribution is -2.34. The minimum atomic E-state index is -4.02. The number of nitrogens with two attached hydrogens (primary N) is 1. The van der Waals surface area contributed by atoms with E-state index < -0.39 is 10.1 Å². The molecular formula is C35H59NO3S. The summed E-state index contributed by atoms with van der Waals surface area (Å²) in [6, 6.07) is 14.9. The topological polar surface area (TPSA) is 80.4 Å². The van der Waals surface area contributed by atoms with Gasteiger partial charge in [0.15, 0.2) is 0 Å². The maximum absolute atomic E-state index is 10.5. The second-order valence-corrected chi connectivity index (χ2v) is 13.7. The van der Waals surface area contributed by atoms with E-state index in [9.17, 15) is 8.42 Å². The SMILES string of the molecule is CCCCCCCCCCCCCCCCCCc1ccccc1CC(C)(C)N.Cc1ccc(S(=O)(=O)O)cc1. The number of hydrogen-bond acceptors (Lipinski definition) is 3. The van der Waals surface area contributed by atoms with Gasteiger partial charge in [0, 0.05) is 5.54 Å². The second kappa shape index (κ2) is 21.1. The predicted octanol–water partition coefficient (Wildman–Crippen LogP) is 10.0. The highest BCUT2D eigenvalue weighted by Crippen LogP contribution is 2.19. The molecule has 2 aromatic carbocycles. The minimum Gasteiger partial charge on any atom is -0.325 e. The van der Waals surface area contributed by atoms with Gasteiger partial charge in [-0.25, -0.2) is 0 Å². The van der Waals surface area contributed by atoms with Crippen LogP contribution in [0.4, 0.5) is 0 Å². The van der Waals surface area contributed by atoms with Crippen LogP contribution in [-0.2, 0) is 23.0 Å². The molecule has 0 unspecified atom stereocenters. The van der Waals surface area contributed by atoms with Gasteiger partial charge in [-0.05, 0) is 63.3 Å². The first-order chi connectivity index (χ1) is 19.0. The molecule has 0 saturated carbocycles. The van der Waals surface area contributed by atoms with Gasteiger partial charge in [-0.15, -0.1) is 0 Å². The Hall–Kier alpha value is -1.69. The summed E-state index contributed by atoms with van der Waals surface area (Å²) in [4.78, 5) is -0.0666. The standard InChI is InChI=1S/C28H51N.C7H8O3S/c1-4-5-6-7-8-9-10-11-12-13-14-15-16-17-18-19-22-26-23-20-21-24-27(26)25-28(2,3)29;1-6-2-4-7(5-3-6)11(8,9)10/h20-21,23-24H,4-19,22,25,29H2,1-3H3;2-5H,1H3,(H,8,9,10). The zero-order valence-electron chi connectivity index (χ0n) is 26.1. The first-order valence-corrected chi connectivity index (χ1v) is 17.4. The molecule has 0 aliphatic rings. The molecule has 0 amide bonds. The summed E-state index contributed by atoms with van der Waals surface area (Å²) in [6.07, 6.45) is 25.1. The molecular weight excluding hydrogens is 514 g/mol. The molecule has 0 saturated heterocycles. The van der Waals surface area contributed by atoms with Crippen LogP contribution in [0.5, 0.6) is 0 Å². The zero-order valence-corrected chi connectivity index (χ0v) is 26.9. The summed E-state index contributed by atoms with van der Waals surface area (Å²) in [5, 5.41) is 0. The van der Waals surface area contributed by atoms with Crippen LogP contribution in [-0.4, -0.2) is 18.5 Å². The Bertz CT molecular complexity index is 994. The van der Waals surface area contributed by atoms with Crippen molar-refractivity contribution in [3.63, 3.8) is 0 Å². The maximum Gasteiger partial charge on any atom is 0.294 e. The Balaban J connectivity index is 0.000000603. The molecule has 0 atom stereocenters. The number of rotatable bonds is 20. The van der Waals surface area contributed by atoms with Gasteiger partial charge in [-0.1, -0.05) is 145 Å². The Morgan fingerprint density at radius 2 is 1.05 bits per heavy atom. The molecule has 0 bridgehead atoms. The lowest BCUT2D eigenvalue weighted by atomic mass is 9.91. The van der Waals surface area contributed by atoms with E-state index in [4.69, 9.17) is 10.3 Å². The van der Waals surface area contributed by atoms with Crippen molar-refractivity contribution in [1.29, 1.82) is 0 Å². The van der Waals surface area contributed by atoms with E-state index in [0.717, 1.165) is 12.0 Å². The van der Waals surface area contributed by atoms with Crippen LogP contribution < -0.4 is 5.73 Å². The van der Waals surface area contributed by atoms with Gasteiger partial charge in [0.05, 0.1) is 4.90 Å². The normalized spacial score (nSPS) is 11.8. The molecule has 228 valence electrons. The highest BCUT2D eigenvalue weighted by Gasteiger charge is 2.13. The molecule has 2 aromatic rings. The molecule has 0 aliphatic heterocycles. The number of aryl methyl sites for hydroxylation is 2. The lowest BCUT2D eigenvalue weighted by Gasteiger charge is -2.20. The molecule has 0 radical (unpaired) electrons. The number of unbranched alkanes of at least 4 members (excludes halogenated alkanes) is 15. The largest absolute Gasteiger partial charge is 0.325 e. The summed E-state index contributed by atoms with van der Waals surface area (Å²) in [6.45, 7) is 8.38. The number of hydrogen-bond donors (Lipinski definition) is 2. The number of benzene rings is 2.